The normalized spacial score (nSPS) is 11.8. The Bertz CT molecular complexity index is 268. The number of esters is 1. The van der Waals surface area contributed by atoms with Crippen LogP contribution in [-0.2, 0) is 9.53 Å². The van der Waals surface area contributed by atoms with E-state index in [0.29, 0.717) is 12.2 Å². The highest BCUT2D eigenvalue weighted by Crippen LogP contribution is 2.12. The first-order valence-corrected chi connectivity index (χ1v) is 10.7. The zero-order valence-electron chi connectivity index (χ0n) is 16.7. The van der Waals surface area contributed by atoms with Gasteiger partial charge in [0.25, 0.3) is 0 Å². The van der Waals surface area contributed by atoms with Crippen molar-refractivity contribution in [2.45, 2.75) is 110 Å². The molecule has 0 spiro atoms. The zero-order valence-corrected chi connectivity index (χ0v) is 17.6. The van der Waals surface area contributed by atoms with Gasteiger partial charge in [0.05, 0.1) is 18.8 Å². The summed E-state index contributed by atoms with van der Waals surface area (Å²) in [7, 11) is 0. The third-order valence-electron chi connectivity index (χ3n) is 3.77. The number of aliphatic hydroxyl groups excluding tert-OH is 2. The second kappa shape index (κ2) is 21.8. The first kappa shape index (κ1) is 27.0. The SMILES string of the molecule is CCCCCCCCCCCCCC(=O)OC(C)C.OCC(O)CS. The van der Waals surface area contributed by atoms with Crippen LogP contribution in [0.1, 0.15) is 97.8 Å². The van der Waals surface area contributed by atoms with E-state index < -0.39 is 6.10 Å². The highest BCUT2D eigenvalue weighted by molar-refractivity contribution is 7.80. The molecular weight excluding hydrogens is 336 g/mol. The maximum atomic E-state index is 11.3. The van der Waals surface area contributed by atoms with Crippen LogP contribution in [0.5, 0.6) is 0 Å². The highest BCUT2D eigenvalue weighted by atomic mass is 32.1. The number of thiol groups is 1. The molecule has 0 saturated carbocycles. The Labute approximate surface area is 161 Å². The van der Waals surface area contributed by atoms with Crippen LogP contribution in [0.3, 0.4) is 0 Å². The molecule has 4 nitrogen and oxygen atoms in total. The van der Waals surface area contributed by atoms with Crippen LogP contribution in [0.4, 0.5) is 0 Å². The van der Waals surface area contributed by atoms with Crippen molar-refractivity contribution in [2.24, 2.45) is 0 Å². The standard InChI is InChI=1S/C17H34O2.C3H8O2S/c1-4-5-6-7-8-9-10-11-12-13-14-15-17(18)19-16(2)3;4-1-3(5)2-6/h16H,4-15H2,1-3H3;3-6H,1-2H2. The molecule has 0 aromatic heterocycles. The maximum absolute atomic E-state index is 11.3. The molecule has 0 rings (SSSR count). The van der Waals surface area contributed by atoms with Gasteiger partial charge >= 0.3 is 5.97 Å². The number of hydrogen-bond donors (Lipinski definition) is 3. The summed E-state index contributed by atoms with van der Waals surface area (Å²) >= 11 is 3.69. The second-order valence-corrected chi connectivity index (χ2v) is 7.21. The van der Waals surface area contributed by atoms with Gasteiger partial charge in [0, 0.05) is 12.2 Å². The van der Waals surface area contributed by atoms with Gasteiger partial charge in [-0.05, 0) is 20.3 Å². The Morgan fingerprint density at radius 3 is 1.68 bits per heavy atom. The van der Waals surface area contributed by atoms with Crippen LogP contribution in [0.2, 0.25) is 0 Å². The number of hydrogen-bond acceptors (Lipinski definition) is 5. The van der Waals surface area contributed by atoms with Crippen LogP contribution < -0.4 is 0 Å². The van der Waals surface area contributed by atoms with Crippen molar-refractivity contribution in [3.8, 4) is 0 Å². The minimum Gasteiger partial charge on any atom is -0.463 e. The molecule has 25 heavy (non-hydrogen) atoms. The van der Waals surface area contributed by atoms with Gasteiger partial charge in [0.15, 0.2) is 0 Å². The fourth-order valence-corrected chi connectivity index (χ4v) is 2.43. The Morgan fingerprint density at radius 1 is 0.920 bits per heavy atom. The Hall–Kier alpha value is -0.260. The Kier molecular flexibility index (Phi) is 23.5. The molecule has 0 amide bonds. The lowest BCUT2D eigenvalue weighted by Crippen LogP contribution is -2.12. The van der Waals surface area contributed by atoms with E-state index in [0.717, 1.165) is 6.42 Å². The molecule has 152 valence electrons. The predicted molar refractivity (Wildman–Crippen MR) is 109 cm³/mol. The monoisotopic (exact) mass is 378 g/mol. The zero-order chi connectivity index (χ0) is 19.3. The third-order valence-corrected chi connectivity index (χ3v) is 4.19. The first-order chi connectivity index (χ1) is 12.0. The summed E-state index contributed by atoms with van der Waals surface area (Å²) in [6.45, 7) is 5.87. The van der Waals surface area contributed by atoms with E-state index in [4.69, 9.17) is 14.9 Å². The summed E-state index contributed by atoms with van der Waals surface area (Å²) in [5, 5.41) is 16.4. The molecule has 0 bridgehead atoms. The number of ether oxygens (including phenoxy) is 1. The fraction of sp³-hybridized carbons (Fsp3) is 0.950. The minimum atomic E-state index is -0.645. The molecule has 0 aliphatic carbocycles. The molecule has 0 aliphatic heterocycles. The predicted octanol–water partition coefficient (Wildman–Crippen LogP) is 4.91. The Morgan fingerprint density at radius 2 is 1.36 bits per heavy atom. The lowest BCUT2D eigenvalue weighted by molar-refractivity contribution is -0.147. The van der Waals surface area contributed by atoms with Gasteiger partial charge in [0.1, 0.15) is 0 Å². The van der Waals surface area contributed by atoms with E-state index in [-0.39, 0.29) is 18.7 Å². The molecule has 0 heterocycles. The van der Waals surface area contributed by atoms with Crippen molar-refractivity contribution >= 4 is 18.6 Å². The largest absolute Gasteiger partial charge is 0.463 e. The molecule has 1 unspecified atom stereocenters. The van der Waals surface area contributed by atoms with Gasteiger partial charge in [-0.25, -0.2) is 0 Å². The topological polar surface area (TPSA) is 66.8 Å². The van der Waals surface area contributed by atoms with Crippen LogP contribution in [0, 0.1) is 0 Å². The molecule has 0 fully saturated rings. The molecular formula is C20H42O4S. The van der Waals surface area contributed by atoms with Gasteiger partial charge in [-0.3, -0.25) is 4.79 Å². The number of aliphatic hydroxyl groups is 2. The summed E-state index contributed by atoms with van der Waals surface area (Å²) in [6, 6.07) is 0. The van der Waals surface area contributed by atoms with Gasteiger partial charge in [-0.15, -0.1) is 0 Å². The average Bonchev–Trinajstić information content (AvgIpc) is 2.58. The van der Waals surface area contributed by atoms with E-state index in [1.54, 1.807) is 0 Å². The number of unbranched alkanes of at least 4 members (excludes halogenated alkanes) is 10. The van der Waals surface area contributed by atoms with Gasteiger partial charge in [-0.2, -0.15) is 12.6 Å². The molecule has 5 heteroatoms. The number of carbonyl (C=O) groups excluding carboxylic acids is 1. The third kappa shape index (κ3) is 26.1. The highest BCUT2D eigenvalue weighted by Gasteiger charge is 2.04. The summed E-state index contributed by atoms with van der Waals surface area (Å²) in [5.41, 5.74) is 0. The van der Waals surface area contributed by atoms with Crippen LogP contribution in [0.15, 0.2) is 0 Å². The summed E-state index contributed by atoms with van der Waals surface area (Å²) in [4.78, 5) is 11.3. The van der Waals surface area contributed by atoms with Crippen molar-refractivity contribution < 1.29 is 19.7 Å². The average molecular weight is 379 g/mol. The van der Waals surface area contributed by atoms with Crippen molar-refractivity contribution in [2.75, 3.05) is 12.4 Å². The molecule has 0 aliphatic rings. The van der Waals surface area contributed by atoms with Crippen molar-refractivity contribution in [1.82, 2.24) is 0 Å². The van der Waals surface area contributed by atoms with Crippen LogP contribution in [-0.4, -0.2) is 40.8 Å². The minimum absolute atomic E-state index is 0.0280. The van der Waals surface area contributed by atoms with E-state index in [2.05, 4.69) is 19.6 Å². The second-order valence-electron chi connectivity index (χ2n) is 6.84. The first-order valence-electron chi connectivity index (χ1n) is 10.1. The smallest absolute Gasteiger partial charge is 0.306 e. The van der Waals surface area contributed by atoms with Gasteiger partial charge in [-0.1, -0.05) is 71.1 Å². The molecule has 0 radical (unpaired) electrons. The van der Waals surface area contributed by atoms with E-state index in [1.807, 2.05) is 13.8 Å². The maximum Gasteiger partial charge on any atom is 0.306 e. The van der Waals surface area contributed by atoms with Gasteiger partial charge in [0.2, 0.25) is 0 Å². The molecule has 1 atom stereocenters. The van der Waals surface area contributed by atoms with E-state index in [9.17, 15) is 4.79 Å². The molecule has 0 aromatic carbocycles. The van der Waals surface area contributed by atoms with Crippen molar-refractivity contribution in [1.29, 1.82) is 0 Å². The molecule has 2 N–H and O–H groups in total. The molecule has 0 saturated heterocycles. The van der Waals surface area contributed by atoms with E-state index in [1.165, 1.54) is 64.2 Å². The van der Waals surface area contributed by atoms with Crippen LogP contribution in [0.25, 0.3) is 0 Å². The Balaban J connectivity index is 0. The summed E-state index contributed by atoms with van der Waals surface area (Å²) in [5.74, 6) is 0.294. The quantitative estimate of drug-likeness (QED) is 0.215. The fourth-order valence-electron chi connectivity index (χ4n) is 2.31. The summed E-state index contributed by atoms with van der Waals surface area (Å²) < 4.78 is 5.10. The summed E-state index contributed by atoms with van der Waals surface area (Å²) in [6.07, 6.45) is 14.4. The molecule has 0 aromatic rings. The van der Waals surface area contributed by atoms with Crippen molar-refractivity contribution in [3.05, 3.63) is 0 Å². The van der Waals surface area contributed by atoms with E-state index >= 15 is 0 Å². The number of carbonyl (C=O) groups is 1. The van der Waals surface area contributed by atoms with Crippen LogP contribution >= 0.6 is 12.6 Å². The van der Waals surface area contributed by atoms with Gasteiger partial charge < -0.3 is 14.9 Å². The number of rotatable bonds is 15. The lowest BCUT2D eigenvalue weighted by atomic mass is 10.1. The van der Waals surface area contributed by atoms with Crippen molar-refractivity contribution in [3.63, 3.8) is 0 Å². The lowest BCUT2D eigenvalue weighted by Gasteiger charge is -2.07.